The van der Waals surface area contributed by atoms with E-state index >= 15 is 0 Å². The molecule has 0 aromatic heterocycles. The Morgan fingerprint density at radius 3 is 2.43 bits per heavy atom. The number of carbonyl (C=O) groups excluding carboxylic acids is 1. The zero-order valence-electron chi connectivity index (χ0n) is 15.5. The number of carbonyl (C=O) groups is 1. The number of sulfonamides is 1. The molecule has 0 amide bonds. The smallest absolute Gasteiger partial charge is 0.303 e. The summed E-state index contributed by atoms with van der Waals surface area (Å²) in [4.78, 5) is 11.5. The predicted octanol–water partition coefficient (Wildman–Crippen LogP) is 3.86. The summed E-state index contributed by atoms with van der Waals surface area (Å²) in [5.41, 5.74) is 2.28. The quantitative estimate of drug-likeness (QED) is 0.582. The fourth-order valence-electron chi connectivity index (χ4n) is 4.03. The molecular formula is C22H21NO4S. The molecule has 1 aliphatic heterocycles. The first-order valence-electron chi connectivity index (χ1n) is 9.30. The van der Waals surface area contributed by atoms with Crippen molar-refractivity contribution >= 4 is 21.7 Å². The van der Waals surface area contributed by atoms with Gasteiger partial charge in [-0.3, -0.25) is 4.79 Å². The van der Waals surface area contributed by atoms with Gasteiger partial charge in [-0.1, -0.05) is 54.6 Å². The number of benzene rings is 2. The lowest BCUT2D eigenvalue weighted by atomic mass is 9.75. The van der Waals surface area contributed by atoms with Crippen LogP contribution in [0.15, 0.2) is 76.0 Å². The largest absolute Gasteiger partial charge is 0.458 e. The summed E-state index contributed by atoms with van der Waals surface area (Å²) in [5, 5.41) is 0. The van der Waals surface area contributed by atoms with Gasteiger partial charge in [0.25, 0.3) is 10.0 Å². The zero-order chi connectivity index (χ0) is 19.7. The molecule has 0 spiro atoms. The Labute approximate surface area is 164 Å². The normalized spacial score (nSPS) is 23.5. The van der Waals surface area contributed by atoms with E-state index in [2.05, 4.69) is 4.40 Å². The predicted molar refractivity (Wildman–Crippen MR) is 107 cm³/mol. The van der Waals surface area contributed by atoms with E-state index in [-0.39, 0.29) is 28.8 Å². The highest BCUT2D eigenvalue weighted by atomic mass is 32.2. The monoisotopic (exact) mass is 395 g/mol. The summed E-state index contributed by atoms with van der Waals surface area (Å²) in [5.74, 6) is -0.420. The molecule has 0 bridgehead atoms. The molecule has 1 heterocycles. The average Bonchev–Trinajstić information content (AvgIpc) is 2.95. The summed E-state index contributed by atoms with van der Waals surface area (Å²) in [6, 6.07) is 16.8. The third kappa shape index (κ3) is 3.52. The van der Waals surface area contributed by atoms with Gasteiger partial charge in [0.15, 0.2) is 0 Å². The molecule has 0 radical (unpaired) electrons. The number of ether oxygens (including phenoxy) is 1. The van der Waals surface area contributed by atoms with E-state index < -0.39 is 10.0 Å². The number of rotatable bonds is 4. The third-order valence-corrected chi connectivity index (χ3v) is 6.56. The van der Waals surface area contributed by atoms with Gasteiger partial charge in [0.2, 0.25) is 0 Å². The Bertz CT molecular complexity index is 1060. The Kier molecular flexibility index (Phi) is 4.89. The van der Waals surface area contributed by atoms with E-state index in [0.717, 1.165) is 12.0 Å². The van der Waals surface area contributed by atoms with Gasteiger partial charge in [0.1, 0.15) is 6.10 Å². The van der Waals surface area contributed by atoms with Crippen LogP contribution in [-0.4, -0.2) is 26.2 Å². The highest BCUT2D eigenvalue weighted by Crippen LogP contribution is 2.40. The van der Waals surface area contributed by atoms with Gasteiger partial charge >= 0.3 is 5.97 Å². The van der Waals surface area contributed by atoms with Gasteiger partial charge in [-0.25, -0.2) is 0 Å². The van der Waals surface area contributed by atoms with E-state index in [9.17, 15) is 13.2 Å². The maximum atomic E-state index is 12.6. The summed E-state index contributed by atoms with van der Waals surface area (Å²) < 4.78 is 34.6. The molecule has 2 aromatic carbocycles. The van der Waals surface area contributed by atoms with Gasteiger partial charge in [-0.15, -0.1) is 0 Å². The lowest BCUT2D eigenvalue weighted by Crippen LogP contribution is -2.26. The summed E-state index contributed by atoms with van der Waals surface area (Å²) in [6.45, 7) is 1.40. The van der Waals surface area contributed by atoms with Crippen LogP contribution in [0.2, 0.25) is 0 Å². The molecule has 4 rings (SSSR count). The summed E-state index contributed by atoms with van der Waals surface area (Å²) in [6.07, 6.45) is 5.18. The van der Waals surface area contributed by atoms with Crippen molar-refractivity contribution in [2.75, 3.05) is 0 Å². The summed E-state index contributed by atoms with van der Waals surface area (Å²) in [7, 11) is -3.68. The van der Waals surface area contributed by atoms with Crippen molar-refractivity contribution in [1.82, 2.24) is 0 Å². The first-order chi connectivity index (χ1) is 13.5. The van der Waals surface area contributed by atoms with Crippen LogP contribution in [0.5, 0.6) is 0 Å². The number of hydrogen-bond donors (Lipinski definition) is 0. The maximum absolute atomic E-state index is 12.6. The fraction of sp³-hybridized carbons (Fsp3) is 0.273. The van der Waals surface area contributed by atoms with Crippen molar-refractivity contribution in [1.29, 1.82) is 0 Å². The van der Waals surface area contributed by atoms with Crippen molar-refractivity contribution in [3.05, 3.63) is 77.9 Å². The second-order valence-electron chi connectivity index (χ2n) is 7.11. The Morgan fingerprint density at radius 2 is 1.75 bits per heavy atom. The number of hydrogen-bond acceptors (Lipinski definition) is 4. The van der Waals surface area contributed by atoms with E-state index in [1.165, 1.54) is 6.92 Å². The molecule has 6 heteroatoms. The lowest BCUT2D eigenvalue weighted by molar-refractivity contribution is -0.144. The van der Waals surface area contributed by atoms with Crippen LogP contribution in [0.25, 0.3) is 0 Å². The number of allylic oxidation sites excluding steroid dienone is 1. The molecule has 144 valence electrons. The maximum Gasteiger partial charge on any atom is 0.303 e. The second-order valence-corrected chi connectivity index (χ2v) is 8.68. The van der Waals surface area contributed by atoms with Crippen LogP contribution in [-0.2, 0) is 19.6 Å². The number of fused-ring (bicyclic) bond motifs is 1. The van der Waals surface area contributed by atoms with Crippen molar-refractivity contribution in [2.24, 2.45) is 10.3 Å². The molecule has 28 heavy (non-hydrogen) atoms. The van der Waals surface area contributed by atoms with Crippen LogP contribution >= 0.6 is 0 Å². The second kappa shape index (κ2) is 7.36. The number of nitrogens with zero attached hydrogens (tertiary/aromatic N) is 1. The first kappa shape index (κ1) is 18.6. The first-order valence-corrected chi connectivity index (χ1v) is 10.7. The molecule has 0 N–H and O–H groups in total. The van der Waals surface area contributed by atoms with Gasteiger partial charge in [0, 0.05) is 18.4 Å². The average molecular weight is 395 g/mol. The van der Waals surface area contributed by atoms with E-state index in [1.807, 2.05) is 54.6 Å². The van der Waals surface area contributed by atoms with Crippen molar-refractivity contribution in [3.8, 4) is 0 Å². The van der Waals surface area contributed by atoms with Crippen molar-refractivity contribution in [3.63, 3.8) is 0 Å². The van der Waals surface area contributed by atoms with Gasteiger partial charge in [-0.05, 0) is 36.5 Å². The lowest BCUT2D eigenvalue weighted by Gasteiger charge is -2.30. The molecule has 2 aliphatic rings. The van der Waals surface area contributed by atoms with Crippen LogP contribution in [0.3, 0.4) is 0 Å². The minimum atomic E-state index is -3.68. The molecule has 0 saturated heterocycles. The van der Waals surface area contributed by atoms with Crippen LogP contribution < -0.4 is 0 Å². The third-order valence-electron chi connectivity index (χ3n) is 5.22. The fourth-order valence-corrected chi connectivity index (χ4v) is 5.30. The molecule has 0 saturated carbocycles. The SMILES string of the molecule is CC(=O)O[C@@H]1C=C[C@H](C(C2=NS(=O)(=O)c3ccccc32)c2ccccc2)CC1. The van der Waals surface area contributed by atoms with Crippen molar-refractivity contribution in [2.45, 2.75) is 36.7 Å². The Morgan fingerprint density at radius 1 is 1.04 bits per heavy atom. The van der Waals surface area contributed by atoms with Gasteiger partial charge < -0.3 is 4.74 Å². The zero-order valence-corrected chi connectivity index (χ0v) is 16.3. The van der Waals surface area contributed by atoms with E-state index in [1.54, 1.807) is 12.1 Å². The highest BCUT2D eigenvalue weighted by molar-refractivity contribution is 7.90. The van der Waals surface area contributed by atoms with Crippen LogP contribution in [0.4, 0.5) is 0 Å². The Hall–Kier alpha value is -2.73. The highest BCUT2D eigenvalue weighted by Gasteiger charge is 2.37. The van der Waals surface area contributed by atoms with Crippen LogP contribution in [0.1, 0.15) is 36.8 Å². The van der Waals surface area contributed by atoms with Crippen molar-refractivity contribution < 1.29 is 17.9 Å². The minimum Gasteiger partial charge on any atom is -0.458 e. The standard InChI is InChI=1S/C22H21NO4S/c1-15(24)27-18-13-11-17(12-14-18)21(16-7-3-2-4-8-16)22-19-9-5-6-10-20(19)28(25,26)23-22/h2-11,13,17-18,21H,12,14H2,1H3/t17-,18+,21?/m0/s1. The topological polar surface area (TPSA) is 72.8 Å². The molecule has 3 atom stereocenters. The molecule has 0 fully saturated rings. The van der Waals surface area contributed by atoms with Crippen LogP contribution in [0, 0.1) is 5.92 Å². The molecule has 5 nitrogen and oxygen atoms in total. The van der Waals surface area contributed by atoms with E-state index in [0.29, 0.717) is 17.7 Å². The summed E-state index contributed by atoms with van der Waals surface area (Å²) >= 11 is 0. The Balaban J connectivity index is 1.76. The van der Waals surface area contributed by atoms with E-state index in [4.69, 9.17) is 4.74 Å². The van der Waals surface area contributed by atoms with Gasteiger partial charge in [0.05, 0.1) is 10.6 Å². The minimum absolute atomic E-state index is 0.0642. The molecular weight excluding hydrogens is 374 g/mol. The van der Waals surface area contributed by atoms with Gasteiger partial charge in [-0.2, -0.15) is 12.8 Å². The molecule has 1 aliphatic carbocycles. The molecule has 2 aromatic rings. The molecule has 1 unspecified atom stereocenters. The number of esters is 1.